The van der Waals surface area contributed by atoms with Gasteiger partial charge in [0.05, 0.1) is 11.1 Å². The summed E-state index contributed by atoms with van der Waals surface area (Å²) in [6.45, 7) is 6.44. The number of rotatable bonds is 4. The highest BCUT2D eigenvalue weighted by Crippen LogP contribution is 2.23. The number of hydrogen-bond donors (Lipinski definition) is 1. The zero-order valence-corrected chi connectivity index (χ0v) is 15.4. The van der Waals surface area contributed by atoms with Crippen LogP contribution in [0.15, 0.2) is 48.8 Å². The topological polar surface area (TPSA) is 75.3 Å². The molecule has 0 bridgehead atoms. The predicted octanol–water partition coefficient (Wildman–Crippen LogP) is 2.36. The standard InChI is InChI=1S/C21H23N5O/c1-15-6-7-16(17-4-2-8-23-19(15)17)14-25-10-12-26(13-11-25)21-18(20(22)27)5-3-9-24-21/h2-9H,10-14H2,1H3,(H2,22,27). The largest absolute Gasteiger partial charge is 0.365 e. The summed E-state index contributed by atoms with van der Waals surface area (Å²) in [6, 6.07) is 12.0. The zero-order valence-electron chi connectivity index (χ0n) is 15.4. The van der Waals surface area contributed by atoms with Crippen molar-refractivity contribution in [2.24, 2.45) is 5.73 Å². The normalized spacial score (nSPS) is 15.2. The van der Waals surface area contributed by atoms with Crippen LogP contribution in [-0.2, 0) is 6.54 Å². The first-order valence-corrected chi connectivity index (χ1v) is 9.19. The summed E-state index contributed by atoms with van der Waals surface area (Å²) in [6.07, 6.45) is 3.56. The maximum Gasteiger partial charge on any atom is 0.252 e. The van der Waals surface area contributed by atoms with Crippen molar-refractivity contribution >= 4 is 22.6 Å². The Morgan fingerprint density at radius 1 is 1.04 bits per heavy atom. The summed E-state index contributed by atoms with van der Waals surface area (Å²) in [5.41, 5.74) is 9.56. The molecule has 1 amide bonds. The number of benzene rings is 1. The van der Waals surface area contributed by atoms with E-state index in [0.29, 0.717) is 11.4 Å². The Balaban J connectivity index is 1.48. The van der Waals surface area contributed by atoms with Crippen molar-refractivity contribution in [2.75, 3.05) is 31.1 Å². The third-order valence-electron chi connectivity index (χ3n) is 5.18. The van der Waals surface area contributed by atoms with E-state index in [1.807, 2.05) is 12.3 Å². The number of carbonyl (C=O) groups excluding carboxylic acids is 1. The molecule has 27 heavy (non-hydrogen) atoms. The molecule has 0 saturated carbocycles. The summed E-state index contributed by atoms with van der Waals surface area (Å²) in [5, 5.41) is 1.22. The van der Waals surface area contributed by atoms with Crippen LogP contribution in [0, 0.1) is 6.92 Å². The second kappa shape index (κ2) is 7.32. The fourth-order valence-corrected chi connectivity index (χ4v) is 3.71. The number of fused-ring (bicyclic) bond motifs is 1. The van der Waals surface area contributed by atoms with Gasteiger partial charge in [-0.15, -0.1) is 0 Å². The Kier molecular flexibility index (Phi) is 4.73. The number of primary amides is 1. The van der Waals surface area contributed by atoms with Gasteiger partial charge in [-0.25, -0.2) is 4.98 Å². The predicted molar refractivity (Wildman–Crippen MR) is 107 cm³/mol. The monoisotopic (exact) mass is 361 g/mol. The molecule has 3 aromatic rings. The van der Waals surface area contributed by atoms with Crippen LogP contribution in [0.1, 0.15) is 21.5 Å². The van der Waals surface area contributed by atoms with Crippen molar-refractivity contribution < 1.29 is 4.79 Å². The number of carbonyl (C=O) groups is 1. The molecular weight excluding hydrogens is 338 g/mol. The highest BCUT2D eigenvalue weighted by atomic mass is 16.1. The highest BCUT2D eigenvalue weighted by Gasteiger charge is 2.22. The lowest BCUT2D eigenvalue weighted by Gasteiger charge is -2.36. The van der Waals surface area contributed by atoms with Crippen molar-refractivity contribution in [1.82, 2.24) is 14.9 Å². The summed E-state index contributed by atoms with van der Waals surface area (Å²) in [4.78, 5) is 25.2. The molecule has 6 nitrogen and oxygen atoms in total. The van der Waals surface area contributed by atoms with E-state index < -0.39 is 5.91 Å². The number of anilines is 1. The van der Waals surface area contributed by atoms with Gasteiger partial charge in [0, 0.05) is 50.5 Å². The third kappa shape index (κ3) is 3.48. The molecule has 4 rings (SSSR count). The minimum absolute atomic E-state index is 0.431. The number of nitrogens with two attached hydrogens (primary N) is 1. The van der Waals surface area contributed by atoms with Crippen LogP contribution in [-0.4, -0.2) is 47.0 Å². The first kappa shape index (κ1) is 17.4. The van der Waals surface area contributed by atoms with Gasteiger partial charge in [-0.1, -0.05) is 18.2 Å². The minimum atomic E-state index is -0.431. The first-order chi connectivity index (χ1) is 13.1. The number of amides is 1. The van der Waals surface area contributed by atoms with E-state index in [2.05, 4.69) is 44.9 Å². The molecule has 0 radical (unpaired) electrons. The van der Waals surface area contributed by atoms with E-state index in [1.54, 1.807) is 18.3 Å². The van der Waals surface area contributed by atoms with Crippen LogP contribution in [0.25, 0.3) is 10.9 Å². The van der Waals surface area contributed by atoms with Gasteiger partial charge in [-0.2, -0.15) is 0 Å². The van der Waals surface area contributed by atoms with E-state index in [0.717, 1.165) is 38.2 Å². The number of piperazine rings is 1. The molecule has 2 N–H and O–H groups in total. The Labute approximate surface area is 158 Å². The van der Waals surface area contributed by atoms with Gasteiger partial charge in [-0.3, -0.25) is 14.7 Å². The molecule has 138 valence electrons. The lowest BCUT2D eigenvalue weighted by molar-refractivity contribution is 0.1000. The summed E-state index contributed by atoms with van der Waals surface area (Å²) in [7, 11) is 0. The van der Waals surface area contributed by atoms with E-state index in [4.69, 9.17) is 5.73 Å². The van der Waals surface area contributed by atoms with Crippen molar-refractivity contribution in [3.05, 3.63) is 65.5 Å². The maximum absolute atomic E-state index is 11.7. The zero-order chi connectivity index (χ0) is 18.8. The molecule has 0 aliphatic carbocycles. The molecular formula is C21H23N5O. The van der Waals surface area contributed by atoms with E-state index >= 15 is 0 Å². The lowest BCUT2D eigenvalue weighted by atomic mass is 10.0. The minimum Gasteiger partial charge on any atom is -0.365 e. The first-order valence-electron chi connectivity index (χ1n) is 9.19. The molecule has 0 spiro atoms. The van der Waals surface area contributed by atoms with Crippen LogP contribution in [0.4, 0.5) is 5.82 Å². The quantitative estimate of drug-likeness (QED) is 0.772. The SMILES string of the molecule is Cc1ccc(CN2CCN(c3ncccc3C(N)=O)CC2)c2cccnc12. The van der Waals surface area contributed by atoms with Crippen LogP contribution < -0.4 is 10.6 Å². The molecule has 1 aliphatic rings. The van der Waals surface area contributed by atoms with E-state index in [-0.39, 0.29) is 0 Å². The smallest absolute Gasteiger partial charge is 0.252 e. The van der Waals surface area contributed by atoms with Crippen molar-refractivity contribution in [3.8, 4) is 0 Å². The van der Waals surface area contributed by atoms with Crippen LogP contribution in [0.5, 0.6) is 0 Å². The molecule has 3 heterocycles. The van der Waals surface area contributed by atoms with Gasteiger partial charge in [0.25, 0.3) is 5.91 Å². The second-order valence-corrected chi connectivity index (χ2v) is 6.94. The Bertz CT molecular complexity index is 979. The summed E-state index contributed by atoms with van der Waals surface area (Å²) < 4.78 is 0. The molecule has 0 unspecified atom stereocenters. The number of hydrogen-bond acceptors (Lipinski definition) is 5. The van der Waals surface area contributed by atoms with Crippen molar-refractivity contribution in [1.29, 1.82) is 0 Å². The van der Waals surface area contributed by atoms with Crippen molar-refractivity contribution in [3.63, 3.8) is 0 Å². The lowest BCUT2D eigenvalue weighted by Crippen LogP contribution is -2.46. The molecule has 2 aromatic heterocycles. The molecule has 1 aromatic carbocycles. The number of aromatic nitrogens is 2. The Morgan fingerprint density at radius 2 is 1.78 bits per heavy atom. The van der Waals surface area contributed by atoms with E-state index in [1.165, 1.54) is 16.5 Å². The van der Waals surface area contributed by atoms with Crippen LogP contribution in [0.3, 0.4) is 0 Å². The van der Waals surface area contributed by atoms with Gasteiger partial charge in [-0.05, 0) is 36.2 Å². The Morgan fingerprint density at radius 3 is 2.56 bits per heavy atom. The average Bonchev–Trinajstić information content (AvgIpc) is 2.71. The van der Waals surface area contributed by atoms with Crippen LogP contribution >= 0.6 is 0 Å². The highest BCUT2D eigenvalue weighted by molar-refractivity contribution is 5.97. The molecule has 1 fully saturated rings. The summed E-state index contributed by atoms with van der Waals surface area (Å²) >= 11 is 0. The van der Waals surface area contributed by atoms with Gasteiger partial charge in [0.1, 0.15) is 5.82 Å². The molecule has 1 aliphatic heterocycles. The van der Waals surface area contributed by atoms with Gasteiger partial charge < -0.3 is 10.6 Å². The number of aryl methyl sites for hydroxylation is 1. The maximum atomic E-state index is 11.7. The van der Waals surface area contributed by atoms with Gasteiger partial charge >= 0.3 is 0 Å². The Hall–Kier alpha value is -2.99. The average molecular weight is 361 g/mol. The second-order valence-electron chi connectivity index (χ2n) is 6.94. The van der Waals surface area contributed by atoms with E-state index in [9.17, 15) is 4.79 Å². The van der Waals surface area contributed by atoms with Crippen molar-refractivity contribution in [2.45, 2.75) is 13.5 Å². The fraction of sp³-hybridized carbons (Fsp3) is 0.286. The van der Waals surface area contributed by atoms with Crippen LogP contribution in [0.2, 0.25) is 0 Å². The fourth-order valence-electron chi connectivity index (χ4n) is 3.71. The number of nitrogens with zero attached hydrogens (tertiary/aromatic N) is 4. The van der Waals surface area contributed by atoms with Gasteiger partial charge in [0.15, 0.2) is 0 Å². The summed E-state index contributed by atoms with van der Waals surface area (Å²) in [5.74, 6) is 0.258. The van der Waals surface area contributed by atoms with Gasteiger partial charge in [0.2, 0.25) is 0 Å². The third-order valence-corrected chi connectivity index (χ3v) is 5.18. The molecule has 0 atom stereocenters. The molecule has 1 saturated heterocycles. The molecule has 6 heteroatoms. The number of pyridine rings is 2.